The first-order valence-corrected chi connectivity index (χ1v) is 9.96. The Kier molecular flexibility index (Phi) is 14.3. The van der Waals surface area contributed by atoms with Crippen molar-refractivity contribution in [3.05, 3.63) is 0 Å². The number of carbonyl (C=O) groups excluding carboxylic acids is 2. The van der Waals surface area contributed by atoms with Gasteiger partial charge in [-0.2, -0.15) is 0 Å². The Hall–Kier alpha value is -1.18. The summed E-state index contributed by atoms with van der Waals surface area (Å²) in [7, 11) is 0. The zero-order valence-corrected chi connectivity index (χ0v) is 17.6. The van der Waals surface area contributed by atoms with Gasteiger partial charge in [0.2, 0.25) is 11.8 Å². The molecule has 7 nitrogen and oxygen atoms in total. The van der Waals surface area contributed by atoms with Crippen LogP contribution in [0, 0.1) is 5.92 Å². The molecular formula is C19H41N5O2. The molecule has 5 N–H and O–H groups in total. The van der Waals surface area contributed by atoms with E-state index in [9.17, 15) is 9.59 Å². The van der Waals surface area contributed by atoms with Crippen LogP contribution in [0.5, 0.6) is 0 Å². The molecular weight excluding hydrogens is 330 g/mol. The second kappa shape index (κ2) is 14.9. The summed E-state index contributed by atoms with van der Waals surface area (Å²) in [5.74, 6) is -0.187. The van der Waals surface area contributed by atoms with Crippen molar-refractivity contribution in [2.24, 2.45) is 5.92 Å². The van der Waals surface area contributed by atoms with Gasteiger partial charge in [-0.05, 0) is 6.42 Å². The second-order valence-corrected chi connectivity index (χ2v) is 7.66. The highest BCUT2D eigenvalue weighted by molar-refractivity contribution is 5.80. The molecule has 0 saturated carbocycles. The van der Waals surface area contributed by atoms with Crippen LogP contribution in [-0.2, 0) is 9.59 Å². The monoisotopic (exact) mass is 371 g/mol. The summed E-state index contributed by atoms with van der Waals surface area (Å²) in [5.41, 5.74) is 0. The molecule has 1 atom stereocenters. The quantitative estimate of drug-likeness (QED) is 0.272. The first kappa shape index (κ1) is 24.8. The lowest BCUT2D eigenvalue weighted by molar-refractivity contribution is -0.125. The number of amides is 2. The van der Waals surface area contributed by atoms with Gasteiger partial charge in [0.1, 0.15) is 0 Å². The Bertz CT molecular complexity index is 386. The van der Waals surface area contributed by atoms with Crippen LogP contribution in [0.2, 0.25) is 0 Å². The Morgan fingerprint density at radius 1 is 0.692 bits per heavy atom. The van der Waals surface area contributed by atoms with Gasteiger partial charge in [0.15, 0.2) is 0 Å². The summed E-state index contributed by atoms with van der Waals surface area (Å²) in [6.45, 7) is 15.7. The summed E-state index contributed by atoms with van der Waals surface area (Å²) in [6.07, 6.45) is 0.913. The van der Waals surface area contributed by atoms with E-state index in [0.717, 1.165) is 13.1 Å². The lowest BCUT2D eigenvalue weighted by Gasteiger charge is -2.19. The van der Waals surface area contributed by atoms with Gasteiger partial charge in [0.05, 0.1) is 5.92 Å². The summed E-state index contributed by atoms with van der Waals surface area (Å²) in [6, 6.07) is 1.12. The maximum Gasteiger partial charge on any atom is 0.224 e. The third-order valence-corrected chi connectivity index (χ3v) is 3.84. The van der Waals surface area contributed by atoms with Crippen molar-refractivity contribution in [1.82, 2.24) is 26.6 Å². The molecule has 0 aliphatic carbocycles. The summed E-state index contributed by atoms with van der Waals surface area (Å²) in [5, 5.41) is 15.7. The zero-order valence-electron chi connectivity index (χ0n) is 17.6. The van der Waals surface area contributed by atoms with Gasteiger partial charge in [0, 0.05) is 57.3 Å². The van der Waals surface area contributed by atoms with E-state index in [4.69, 9.17) is 0 Å². The summed E-state index contributed by atoms with van der Waals surface area (Å²) in [4.78, 5) is 24.4. The van der Waals surface area contributed by atoms with E-state index < -0.39 is 0 Å². The van der Waals surface area contributed by atoms with E-state index in [1.807, 2.05) is 0 Å². The molecule has 2 amide bonds. The molecule has 7 heteroatoms. The molecule has 1 unspecified atom stereocenters. The lowest BCUT2D eigenvalue weighted by Crippen LogP contribution is -2.42. The maximum absolute atomic E-state index is 12.4. The van der Waals surface area contributed by atoms with Gasteiger partial charge in [-0.1, -0.05) is 41.5 Å². The van der Waals surface area contributed by atoms with Crippen LogP contribution in [-0.4, -0.2) is 62.7 Å². The topological polar surface area (TPSA) is 94.3 Å². The Balaban J connectivity index is 4.23. The largest absolute Gasteiger partial charge is 0.355 e. The van der Waals surface area contributed by atoms with Crippen LogP contribution in [0.3, 0.4) is 0 Å². The number of nitrogens with one attached hydrogen (secondary N) is 5. The van der Waals surface area contributed by atoms with Crippen LogP contribution in [0.25, 0.3) is 0 Å². The number of hydrogen-bond acceptors (Lipinski definition) is 5. The second-order valence-electron chi connectivity index (χ2n) is 7.66. The van der Waals surface area contributed by atoms with Crippen molar-refractivity contribution in [2.45, 2.75) is 72.5 Å². The van der Waals surface area contributed by atoms with Crippen LogP contribution < -0.4 is 26.6 Å². The van der Waals surface area contributed by atoms with E-state index in [1.54, 1.807) is 0 Å². The molecule has 0 aliphatic rings. The highest BCUT2D eigenvalue weighted by Crippen LogP contribution is 2.06. The number of carbonyl (C=O) groups is 2. The average molecular weight is 372 g/mol. The first-order chi connectivity index (χ1) is 12.2. The minimum absolute atomic E-state index is 0.000576. The molecule has 0 saturated heterocycles. The molecule has 0 aromatic rings. The molecule has 0 aliphatic heterocycles. The van der Waals surface area contributed by atoms with Crippen molar-refractivity contribution >= 4 is 11.8 Å². The molecule has 0 aromatic carbocycles. The van der Waals surface area contributed by atoms with E-state index >= 15 is 0 Å². The minimum atomic E-state index is -0.198. The average Bonchev–Trinajstić information content (AvgIpc) is 2.54. The molecule has 154 valence electrons. The van der Waals surface area contributed by atoms with Gasteiger partial charge in [-0.15, -0.1) is 0 Å². The number of hydrogen-bond donors (Lipinski definition) is 5. The van der Waals surface area contributed by atoms with E-state index in [0.29, 0.717) is 50.6 Å². The minimum Gasteiger partial charge on any atom is -0.355 e. The maximum atomic E-state index is 12.4. The fraction of sp³-hybridized carbons (Fsp3) is 0.895. The molecule has 0 bridgehead atoms. The van der Waals surface area contributed by atoms with Gasteiger partial charge in [0.25, 0.3) is 0 Å². The van der Waals surface area contributed by atoms with Gasteiger partial charge >= 0.3 is 0 Å². The molecule has 0 spiro atoms. The van der Waals surface area contributed by atoms with Crippen LogP contribution in [0.4, 0.5) is 0 Å². The lowest BCUT2D eigenvalue weighted by atomic mass is 10.0. The van der Waals surface area contributed by atoms with Crippen molar-refractivity contribution in [3.8, 4) is 0 Å². The number of rotatable bonds is 15. The fourth-order valence-corrected chi connectivity index (χ4v) is 2.35. The third kappa shape index (κ3) is 15.1. The van der Waals surface area contributed by atoms with Crippen molar-refractivity contribution in [3.63, 3.8) is 0 Å². The Morgan fingerprint density at radius 2 is 1.19 bits per heavy atom. The predicted molar refractivity (Wildman–Crippen MR) is 108 cm³/mol. The van der Waals surface area contributed by atoms with Crippen molar-refractivity contribution < 1.29 is 9.59 Å². The van der Waals surface area contributed by atoms with Crippen molar-refractivity contribution in [2.75, 3.05) is 32.7 Å². The highest BCUT2D eigenvalue weighted by atomic mass is 16.2. The Labute approximate surface area is 159 Å². The molecule has 26 heavy (non-hydrogen) atoms. The van der Waals surface area contributed by atoms with Crippen molar-refractivity contribution in [1.29, 1.82) is 0 Å². The smallest absolute Gasteiger partial charge is 0.224 e. The normalized spacial score (nSPS) is 12.7. The van der Waals surface area contributed by atoms with Crippen LogP contribution >= 0.6 is 0 Å². The first-order valence-electron chi connectivity index (χ1n) is 9.96. The summed E-state index contributed by atoms with van der Waals surface area (Å²) < 4.78 is 0. The SMILES string of the molecule is CC(C)NCCNC(=O)CCC(CNC(C)C)C(=O)NCCNC(C)C. The van der Waals surface area contributed by atoms with E-state index in [-0.39, 0.29) is 17.7 Å². The molecule has 0 radical (unpaired) electrons. The summed E-state index contributed by atoms with van der Waals surface area (Å²) >= 11 is 0. The molecule has 0 fully saturated rings. The predicted octanol–water partition coefficient (Wildman–Crippen LogP) is 0.609. The highest BCUT2D eigenvalue weighted by Gasteiger charge is 2.19. The fourth-order valence-electron chi connectivity index (χ4n) is 2.35. The Morgan fingerprint density at radius 3 is 1.69 bits per heavy atom. The zero-order chi connectivity index (χ0) is 19.9. The van der Waals surface area contributed by atoms with E-state index in [2.05, 4.69) is 68.1 Å². The van der Waals surface area contributed by atoms with Gasteiger partial charge in [-0.25, -0.2) is 0 Å². The standard InChI is InChI=1S/C19H41N5O2/c1-14(2)20-9-11-22-18(25)8-7-17(13-24-16(5)6)19(26)23-12-10-21-15(3)4/h14-17,20-21,24H,7-13H2,1-6H3,(H,22,25)(H,23,26). The van der Waals surface area contributed by atoms with E-state index in [1.165, 1.54) is 0 Å². The molecule has 0 rings (SSSR count). The molecule has 0 aromatic heterocycles. The molecule has 0 heterocycles. The van der Waals surface area contributed by atoms with Gasteiger partial charge < -0.3 is 26.6 Å². The van der Waals surface area contributed by atoms with Gasteiger partial charge in [-0.3, -0.25) is 9.59 Å². The van der Waals surface area contributed by atoms with Crippen LogP contribution in [0.15, 0.2) is 0 Å². The van der Waals surface area contributed by atoms with Crippen LogP contribution in [0.1, 0.15) is 54.4 Å². The third-order valence-electron chi connectivity index (χ3n) is 3.84.